The summed E-state index contributed by atoms with van der Waals surface area (Å²) in [6.45, 7) is -0.0486. The van der Waals surface area contributed by atoms with E-state index < -0.39 is 0 Å². The molecule has 124 valence electrons. The van der Waals surface area contributed by atoms with Gasteiger partial charge in [-0.2, -0.15) is 0 Å². The van der Waals surface area contributed by atoms with E-state index in [1.165, 1.54) is 4.57 Å². The van der Waals surface area contributed by atoms with Gasteiger partial charge >= 0.3 is 5.69 Å². The Morgan fingerprint density at radius 2 is 1.80 bits per heavy atom. The van der Waals surface area contributed by atoms with Gasteiger partial charge in [-0.05, 0) is 24.3 Å². The van der Waals surface area contributed by atoms with Gasteiger partial charge in [-0.15, -0.1) is 0 Å². The van der Waals surface area contributed by atoms with E-state index >= 15 is 0 Å². The standard InChI is InChI=1S/C19H16N4O2/c1-22-16-8-4-5-9-17(16)23(19(22)25)12-18(24)21-14-10-13-6-2-3-7-15(13)20-11-14/h2-11H,12H2,1H3,(H,21,24). The molecule has 6 nitrogen and oxygen atoms in total. The van der Waals surface area contributed by atoms with Gasteiger partial charge in [0.05, 0.1) is 28.4 Å². The van der Waals surface area contributed by atoms with E-state index in [9.17, 15) is 9.59 Å². The molecule has 25 heavy (non-hydrogen) atoms. The summed E-state index contributed by atoms with van der Waals surface area (Å²) in [4.78, 5) is 29.1. The van der Waals surface area contributed by atoms with E-state index in [1.54, 1.807) is 17.8 Å². The first-order chi connectivity index (χ1) is 12.1. The first-order valence-electron chi connectivity index (χ1n) is 7.92. The Balaban J connectivity index is 1.62. The van der Waals surface area contributed by atoms with Gasteiger partial charge in [0.2, 0.25) is 5.91 Å². The summed E-state index contributed by atoms with van der Waals surface area (Å²) in [7, 11) is 1.70. The van der Waals surface area contributed by atoms with Crippen LogP contribution in [0.4, 0.5) is 5.69 Å². The van der Waals surface area contributed by atoms with Crippen molar-refractivity contribution in [1.82, 2.24) is 14.1 Å². The molecule has 1 amide bonds. The number of fused-ring (bicyclic) bond motifs is 2. The number of hydrogen-bond acceptors (Lipinski definition) is 3. The molecule has 2 heterocycles. The van der Waals surface area contributed by atoms with Crippen LogP contribution in [0.1, 0.15) is 0 Å². The van der Waals surface area contributed by atoms with Crippen LogP contribution in [0.2, 0.25) is 0 Å². The summed E-state index contributed by atoms with van der Waals surface area (Å²) in [6.07, 6.45) is 1.62. The maximum Gasteiger partial charge on any atom is 0.329 e. The van der Waals surface area contributed by atoms with Gasteiger partial charge in [0.1, 0.15) is 6.54 Å². The van der Waals surface area contributed by atoms with Crippen molar-refractivity contribution < 1.29 is 4.79 Å². The Morgan fingerprint density at radius 3 is 2.64 bits per heavy atom. The molecule has 2 aromatic heterocycles. The van der Waals surface area contributed by atoms with Gasteiger partial charge in [0.25, 0.3) is 0 Å². The van der Waals surface area contributed by atoms with Crippen molar-refractivity contribution >= 4 is 33.5 Å². The molecular weight excluding hydrogens is 316 g/mol. The molecule has 0 fully saturated rings. The highest BCUT2D eigenvalue weighted by molar-refractivity contribution is 5.93. The fourth-order valence-electron chi connectivity index (χ4n) is 3.00. The predicted octanol–water partition coefficient (Wildman–Crippen LogP) is 2.53. The van der Waals surface area contributed by atoms with Crippen LogP contribution >= 0.6 is 0 Å². The second-order valence-corrected chi connectivity index (χ2v) is 5.88. The highest BCUT2D eigenvalue weighted by Crippen LogP contribution is 2.16. The number of aryl methyl sites for hydroxylation is 1. The molecule has 4 rings (SSSR count). The zero-order chi connectivity index (χ0) is 17.4. The molecule has 4 aromatic rings. The lowest BCUT2D eigenvalue weighted by Crippen LogP contribution is -2.28. The van der Waals surface area contributed by atoms with Crippen LogP contribution in [0, 0.1) is 0 Å². The number of carbonyl (C=O) groups excluding carboxylic acids is 1. The molecule has 0 saturated carbocycles. The average molecular weight is 332 g/mol. The Bertz CT molecular complexity index is 1160. The Hall–Kier alpha value is -3.41. The lowest BCUT2D eigenvalue weighted by Gasteiger charge is -2.07. The van der Waals surface area contributed by atoms with Crippen LogP contribution in [0.15, 0.2) is 65.6 Å². The van der Waals surface area contributed by atoms with E-state index in [0.717, 1.165) is 21.9 Å². The number of hydrogen-bond donors (Lipinski definition) is 1. The molecule has 0 radical (unpaired) electrons. The number of imidazole rings is 1. The second-order valence-electron chi connectivity index (χ2n) is 5.88. The minimum absolute atomic E-state index is 0.0486. The van der Waals surface area contributed by atoms with E-state index in [0.29, 0.717) is 5.69 Å². The van der Waals surface area contributed by atoms with Gasteiger partial charge in [-0.1, -0.05) is 30.3 Å². The van der Waals surface area contributed by atoms with Crippen molar-refractivity contribution in [1.29, 1.82) is 0 Å². The summed E-state index contributed by atoms with van der Waals surface area (Å²) in [5, 5.41) is 3.76. The van der Waals surface area contributed by atoms with Gasteiger partial charge < -0.3 is 5.32 Å². The zero-order valence-electron chi connectivity index (χ0n) is 13.6. The molecule has 0 saturated heterocycles. The van der Waals surface area contributed by atoms with E-state index in [1.807, 2.05) is 54.6 Å². The van der Waals surface area contributed by atoms with E-state index in [-0.39, 0.29) is 18.1 Å². The molecule has 0 bridgehead atoms. The molecule has 6 heteroatoms. The first-order valence-corrected chi connectivity index (χ1v) is 7.92. The minimum Gasteiger partial charge on any atom is -0.323 e. The maximum absolute atomic E-state index is 12.4. The Labute approximate surface area is 143 Å². The second kappa shape index (κ2) is 5.90. The van der Waals surface area contributed by atoms with Crippen molar-refractivity contribution in [2.75, 3.05) is 5.32 Å². The topological polar surface area (TPSA) is 68.9 Å². The monoisotopic (exact) mass is 332 g/mol. The van der Waals surface area contributed by atoms with Gasteiger partial charge in [0.15, 0.2) is 0 Å². The number of amides is 1. The minimum atomic E-state index is -0.268. The predicted molar refractivity (Wildman–Crippen MR) is 97.6 cm³/mol. The molecule has 0 aliphatic carbocycles. The number of para-hydroxylation sites is 3. The number of anilines is 1. The summed E-state index contributed by atoms with van der Waals surface area (Å²) in [5.74, 6) is -0.268. The molecule has 0 aliphatic rings. The lowest BCUT2D eigenvalue weighted by molar-refractivity contribution is -0.116. The van der Waals surface area contributed by atoms with E-state index in [4.69, 9.17) is 0 Å². The van der Waals surface area contributed by atoms with Crippen LogP contribution in [0.5, 0.6) is 0 Å². The summed E-state index contributed by atoms with van der Waals surface area (Å²) < 4.78 is 3.01. The summed E-state index contributed by atoms with van der Waals surface area (Å²) in [6, 6.07) is 17.0. The zero-order valence-corrected chi connectivity index (χ0v) is 13.6. The normalized spacial score (nSPS) is 11.1. The maximum atomic E-state index is 12.4. The van der Waals surface area contributed by atoms with Gasteiger partial charge in [0, 0.05) is 12.4 Å². The van der Waals surface area contributed by atoms with Crippen LogP contribution < -0.4 is 11.0 Å². The van der Waals surface area contributed by atoms with E-state index in [2.05, 4.69) is 10.3 Å². The molecular formula is C19H16N4O2. The number of carbonyl (C=O) groups is 1. The number of pyridine rings is 1. The van der Waals surface area contributed by atoms with Crippen LogP contribution in [-0.4, -0.2) is 20.0 Å². The SMILES string of the molecule is Cn1c(=O)n(CC(=O)Nc2cnc3ccccc3c2)c2ccccc21. The fourth-order valence-corrected chi connectivity index (χ4v) is 3.00. The van der Waals surface area contributed by atoms with Crippen molar-refractivity contribution in [2.24, 2.45) is 7.05 Å². The quantitative estimate of drug-likeness (QED) is 0.627. The number of aromatic nitrogens is 3. The smallest absolute Gasteiger partial charge is 0.323 e. The van der Waals surface area contributed by atoms with Gasteiger partial charge in [-0.25, -0.2) is 4.79 Å². The highest BCUT2D eigenvalue weighted by atomic mass is 16.2. The van der Waals surface area contributed by atoms with Gasteiger partial charge in [-0.3, -0.25) is 18.9 Å². The number of benzene rings is 2. The Morgan fingerprint density at radius 1 is 1.08 bits per heavy atom. The third-order valence-corrected chi connectivity index (χ3v) is 4.23. The lowest BCUT2D eigenvalue weighted by atomic mass is 10.2. The molecule has 0 unspecified atom stereocenters. The summed E-state index contributed by atoms with van der Waals surface area (Å²) in [5.41, 5.74) is 2.80. The van der Waals surface area contributed by atoms with Crippen molar-refractivity contribution in [2.45, 2.75) is 6.54 Å². The highest BCUT2D eigenvalue weighted by Gasteiger charge is 2.13. The number of rotatable bonds is 3. The molecule has 1 N–H and O–H groups in total. The van der Waals surface area contributed by atoms with Crippen LogP contribution in [0.3, 0.4) is 0 Å². The molecule has 2 aromatic carbocycles. The van der Waals surface area contributed by atoms with Crippen molar-refractivity contribution in [3.63, 3.8) is 0 Å². The largest absolute Gasteiger partial charge is 0.329 e. The number of nitrogens with one attached hydrogen (secondary N) is 1. The fraction of sp³-hybridized carbons (Fsp3) is 0.105. The van der Waals surface area contributed by atoms with Crippen molar-refractivity contribution in [3.8, 4) is 0 Å². The Kier molecular flexibility index (Phi) is 3.57. The average Bonchev–Trinajstić information content (AvgIpc) is 2.87. The third kappa shape index (κ3) is 2.67. The number of nitrogens with zero attached hydrogens (tertiary/aromatic N) is 3. The molecule has 0 atom stereocenters. The third-order valence-electron chi connectivity index (χ3n) is 4.23. The van der Waals surface area contributed by atoms with Crippen LogP contribution in [-0.2, 0) is 18.4 Å². The van der Waals surface area contributed by atoms with Crippen molar-refractivity contribution in [3.05, 3.63) is 71.3 Å². The first kappa shape index (κ1) is 15.1. The summed E-state index contributed by atoms with van der Waals surface area (Å²) >= 11 is 0. The molecule has 0 aliphatic heterocycles. The van der Waals surface area contributed by atoms with Crippen LogP contribution in [0.25, 0.3) is 21.9 Å². The molecule has 0 spiro atoms.